The van der Waals surface area contributed by atoms with Gasteiger partial charge in [-0.2, -0.15) is 0 Å². The van der Waals surface area contributed by atoms with Crippen LogP contribution in [0.25, 0.3) is 0 Å². The summed E-state index contributed by atoms with van der Waals surface area (Å²) in [6.45, 7) is 8.05. The van der Waals surface area contributed by atoms with Gasteiger partial charge in [-0.05, 0) is 52.2 Å². The highest BCUT2D eigenvalue weighted by Crippen LogP contribution is 2.22. The van der Waals surface area contributed by atoms with Crippen molar-refractivity contribution in [3.8, 4) is 5.75 Å². The van der Waals surface area contributed by atoms with Gasteiger partial charge in [0.15, 0.2) is 12.4 Å². The van der Waals surface area contributed by atoms with Gasteiger partial charge in [-0.25, -0.2) is 13.1 Å². The second-order valence-electron chi connectivity index (χ2n) is 7.49. The highest BCUT2D eigenvalue weighted by Gasteiger charge is 2.30. The van der Waals surface area contributed by atoms with E-state index in [0.717, 1.165) is 11.1 Å². The quantitative estimate of drug-likeness (QED) is 0.768. The number of hydrogen-bond donors (Lipinski definition) is 1. The number of amides is 1. The van der Waals surface area contributed by atoms with Crippen molar-refractivity contribution in [2.45, 2.75) is 51.5 Å². The lowest BCUT2D eigenvalue weighted by molar-refractivity contribution is -0.134. The third kappa shape index (κ3) is 4.97. The highest BCUT2D eigenvalue weighted by atomic mass is 32.2. The second kappa shape index (κ2) is 8.54. The second-order valence-corrected chi connectivity index (χ2v) is 9.14. The molecule has 0 unspecified atom stereocenters. The van der Waals surface area contributed by atoms with Crippen LogP contribution in [0.5, 0.6) is 5.75 Å². The van der Waals surface area contributed by atoms with Gasteiger partial charge in [0.2, 0.25) is 10.0 Å². The molecule has 1 N–H and O–H groups in total. The van der Waals surface area contributed by atoms with Crippen molar-refractivity contribution in [1.29, 1.82) is 0 Å². The average Bonchev–Trinajstić information content (AvgIpc) is 3.00. The molecule has 2 heterocycles. The lowest BCUT2D eigenvalue weighted by atomic mass is 10.1. The molecule has 1 fully saturated rings. The molecule has 1 aliphatic rings. The minimum absolute atomic E-state index is 0.0284. The van der Waals surface area contributed by atoms with Gasteiger partial charge >= 0.3 is 0 Å². The van der Waals surface area contributed by atoms with Crippen molar-refractivity contribution in [3.05, 3.63) is 40.8 Å². The molecule has 0 saturated carbocycles. The number of sulfonamides is 1. The topological polar surface area (TPSA) is 102 Å². The molecule has 1 aromatic heterocycles. The van der Waals surface area contributed by atoms with E-state index in [1.807, 2.05) is 32.0 Å². The molecule has 8 nitrogen and oxygen atoms in total. The number of aromatic nitrogens is 1. The summed E-state index contributed by atoms with van der Waals surface area (Å²) in [5, 5.41) is 3.71. The summed E-state index contributed by atoms with van der Waals surface area (Å²) in [5.74, 6) is 0.870. The molecule has 1 amide bonds. The Morgan fingerprint density at radius 1 is 1.24 bits per heavy atom. The zero-order valence-electron chi connectivity index (χ0n) is 17.2. The zero-order chi connectivity index (χ0) is 21.2. The predicted octanol–water partition coefficient (Wildman–Crippen LogP) is 2.26. The molecule has 158 valence electrons. The first-order valence-electron chi connectivity index (χ1n) is 9.60. The Morgan fingerprint density at radius 3 is 2.52 bits per heavy atom. The number of ether oxygens (including phenoxy) is 1. The molecule has 0 bridgehead atoms. The number of rotatable bonds is 6. The van der Waals surface area contributed by atoms with Crippen LogP contribution in [0.1, 0.15) is 35.4 Å². The van der Waals surface area contributed by atoms with Crippen molar-refractivity contribution >= 4 is 15.9 Å². The maximum absolute atomic E-state index is 12.6. The van der Waals surface area contributed by atoms with E-state index in [1.165, 1.54) is 0 Å². The van der Waals surface area contributed by atoms with Crippen LogP contribution in [0.4, 0.5) is 0 Å². The Morgan fingerprint density at radius 2 is 1.93 bits per heavy atom. The third-order valence-corrected chi connectivity index (χ3v) is 6.85. The smallest absolute Gasteiger partial charge is 0.260 e. The number of carbonyl (C=O) groups is 1. The maximum Gasteiger partial charge on any atom is 0.260 e. The summed E-state index contributed by atoms with van der Waals surface area (Å²) >= 11 is 0. The summed E-state index contributed by atoms with van der Waals surface area (Å²) in [5.41, 5.74) is 2.47. The molecule has 0 aliphatic carbocycles. The number of aryl methyl sites for hydroxylation is 4. The van der Waals surface area contributed by atoms with Gasteiger partial charge in [0.25, 0.3) is 5.91 Å². The van der Waals surface area contributed by atoms with Crippen LogP contribution in [0.3, 0.4) is 0 Å². The number of benzene rings is 1. The lowest BCUT2D eigenvalue weighted by Crippen LogP contribution is -2.47. The summed E-state index contributed by atoms with van der Waals surface area (Å²) in [6, 6.07) is 5.59. The molecular formula is C20H27N3O5S. The average molecular weight is 422 g/mol. The fraction of sp³-hybridized carbons (Fsp3) is 0.500. The molecule has 3 rings (SSSR count). The number of piperidine rings is 1. The van der Waals surface area contributed by atoms with E-state index in [0.29, 0.717) is 37.4 Å². The number of nitrogens with one attached hydrogen (secondary N) is 1. The Balaban J connectivity index is 1.51. The summed E-state index contributed by atoms with van der Waals surface area (Å²) < 4.78 is 38.6. The normalized spacial score (nSPS) is 15.5. The number of likely N-dealkylation sites (tertiary alicyclic amines) is 1. The van der Waals surface area contributed by atoms with E-state index in [2.05, 4.69) is 9.88 Å². The fourth-order valence-electron chi connectivity index (χ4n) is 3.58. The first kappa shape index (κ1) is 21.3. The van der Waals surface area contributed by atoms with Crippen molar-refractivity contribution < 1.29 is 22.5 Å². The van der Waals surface area contributed by atoms with E-state index < -0.39 is 10.0 Å². The van der Waals surface area contributed by atoms with E-state index in [4.69, 9.17) is 9.26 Å². The molecule has 1 saturated heterocycles. The van der Waals surface area contributed by atoms with Gasteiger partial charge in [0.05, 0.1) is 0 Å². The van der Waals surface area contributed by atoms with Crippen molar-refractivity contribution in [3.63, 3.8) is 0 Å². The van der Waals surface area contributed by atoms with Gasteiger partial charge in [-0.15, -0.1) is 0 Å². The molecule has 0 atom stereocenters. The fourth-order valence-corrected chi connectivity index (χ4v) is 5.21. The molecule has 29 heavy (non-hydrogen) atoms. The first-order valence-corrected chi connectivity index (χ1v) is 11.1. The van der Waals surface area contributed by atoms with Gasteiger partial charge in [0, 0.05) is 19.1 Å². The molecule has 1 aliphatic heterocycles. The van der Waals surface area contributed by atoms with E-state index in [-0.39, 0.29) is 29.2 Å². The third-order valence-electron chi connectivity index (χ3n) is 5.09. The van der Waals surface area contributed by atoms with Crippen LogP contribution >= 0.6 is 0 Å². The van der Waals surface area contributed by atoms with Crippen LogP contribution < -0.4 is 9.46 Å². The van der Waals surface area contributed by atoms with Gasteiger partial charge in [-0.3, -0.25) is 4.79 Å². The maximum atomic E-state index is 12.6. The van der Waals surface area contributed by atoms with Crippen LogP contribution in [0.2, 0.25) is 0 Å². The summed E-state index contributed by atoms with van der Waals surface area (Å²) in [6.07, 6.45) is 1.08. The first-order chi connectivity index (χ1) is 13.7. The summed E-state index contributed by atoms with van der Waals surface area (Å²) in [4.78, 5) is 14.3. The molecule has 2 aromatic rings. The van der Waals surface area contributed by atoms with Gasteiger partial charge < -0.3 is 14.2 Å². The summed E-state index contributed by atoms with van der Waals surface area (Å²) in [7, 11) is -3.70. The number of nitrogens with zero attached hydrogens (tertiary/aromatic N) is 2. The van der Waals surface area contributed by atoms with Crippen molar-refractivity contribution in [2.24, 2.45) is 0 Å². The predicted molar refractivity (Wildman–Crippen MR) is 107 cm³/mol. The van der Waals surface area contributed by atoms with E-state index >= 15 is 0 Å². The molecule has 0 radical (unpaired) electrons. The van der Waals surface area contributed by atoms with Crippen LogP contribution in [-0.2, 0) is 14.8 Å². The van der Waals surface area contributed by atoms with Crippen LogP contribution in [0.15, 0.2) is 27.6 Å². The minimum Gasteiger partial charge on any atom is -0.484 e. The Hall–Kier alpha value is -2.39. The monoisotopic (exact) mass is 421 g/mol. The van der Waals surface area contributed by atoms with Crippen LogP contribution in [0, 0.1) is 27.7 Å². The Bertz CT molecular complexity index is 972. The van der Waals surface area contributed by atoms with Crippen molar-refractivity contribution in [2.75, 3.05) is 19.7 Å². The molecule has 0 spiro atoms. The van der Waals surface area contributed by atoms with E-state index in [1.54, 1.807) is 18.7 Å². The molecular weight excluding hydrogens is 394 g/mol. The SMILES string of the molecule is Cc1ccc(OCC(=O)N2CCC(NS(=O)(=O)c3c(C)noc3C)CC2)c(C)c1. The Kier molecular flexibility index (Phi) is 6.28. The van der Waals surface area contributed by atoms with E-state index in [9.17, 15) is 13.2 Å². The molecule has 9 heteroatoms. The van der Waals surface area contributed by atoms with Crippen molar-refractivity contribution in [1.82, 2.24) is 14.8 Å². The largest absolute Gasteiger partial charge is 0.484 e. The molecule has 1 aromatic carbocycles. The minimum atomic E-state index is -3.70. The number of hydrogen-bond acceptors (Lipinski definition) is 6. The lowest BCUT2D eigenvalue weighted by Gasteiger charge is -2.32. The van der Waals surface area contributed by atoms with Gasteiger partial charge in [0.1, 0.15) is 16.3 Å². The van der Waals surface area contributed by atoms with Crippen LogP contribution in [-0.4, -0.2) is 50.1 Å². The zero-order valence-corrected chi connectivity index (χ0v) is 18.0. The standard InChI is InChI=1S/C20H27N3O5S/c1-13-5-6-18(14(2)11-13)27-12-19(24)23-9-7-17(8-10-23)22-29(25,26)20-15(3)21-28-16(20)4/h5-6,11,17,22H,7-10,12H2,1-4H3. The Labute approximate surface area is 171 Å². The van der Waals surface area contributed by atoms with Gasteiger partial charge in [-0.1, -0.05) is 22.9 Å². The number of carbonyl (C=O) groups excluding carboxylic acids is 1. The highest BCUT2D eigenvalue weighted by molar-refractivity contribution is 7.89.